The molecule has 4 heteroatoms. The lowest BCUT2D eigenvalue weighted by Gasteiger charge is -2.06. The monoisotopic (exact) mass is 243 g/mol. The first kappa shape index (κ1) is 12.4. The lowest BCUT2D eigenvalue weighted by Crippen LogP contribution is -2.13. The van der Waals surface area contributed by atoms with Gasteiger partial charge in [-0.15, -0.1) is 0 Å². The zero-order valence-electron chi connectivity index (χ0n) is 10.9. The second-order valence-corrected chi connectivity index (χ2v) is 4.32. The Kier molecular flexibility index (Phi) is 3.46. The summed E-state index contributed by atoms with van der Waals surface area (Å²) in [6, 6.07) is 7.87. The molecule has 0 spiro atoms. The van der Waals surface area contributed by atoms with Crippen molar-refractivity contribution in [1.29, 1.82) is 0 Å². The number of benzene rings is 1. The van der Waals surface area contributed by atoms with Crippen molar-refractivity contribution in [2.75, 3.05) is 5.32 Å². The van der Waals surface area contributed by atoms with Gasteiger partial charge in [0.2, 0.25) is 0 Å². The van der Waals surface area contributed by atoms with Gasteiger partial charge in [-0.05, 0) is 38.0 Å². The SMILES string of the molecule is CCc1cccc(NC(=O)c2c(C)n[nH]c2C)c1. The molecule has 0 bridgehead atoms. The molecule has 1 amide bonds. The molecule has 0 fully saturated rings. The summed E-state index contributed by atoms with van der Waals surface area (Å²) in [6.45, 7) is 5.75. The molecule has 1 aromatic heterocycles. The molecule has 0 aliphatic carbocycles. The number of amides is 1. The van der Waals surface area contributed by atoms with E-state index < -0.39 is 0 Å². The van der Waals surface area contributed by atoms with Crippen LogP contribution in [-0.4, -0.2) is 16.1 Å². The van der Waals surface area contributed by atoms with Crippen molar-refractivity contribution in [3.05, 3.63) is 46.8 Å². The number of hydrogen-bond acceptors (Lipinski definition) is 2. The number of carbonyl (C=O) groups is 1. The van der Waals surface area contributed by atoms with Gasteiger partial charge in [0.05, 0.1) is 11.3 Å². The molecule has 0 aliphatic rings. The molecular formula is C14H17N3O. The highest BCUT2D eigenvalue weighted by atomic mass is 16.1. The second-order valence-electron chi connectivity index (χ2n) is 4.32. The van der Waals surface area contributed by atoms with Crippen LogP contribution in [0.2, 0.25) is 0 Å². The van der Waals surface area contributed by atoms with Gasteiger partial charge >= 0.3 is 0 Å². The molecule has 0 aliphatic heterocycles. The first-order valence-corrected chi connectivity index (χ1v) is 6.03. The zero-order chi connectivity index (χ0) is 13.1. The Hall–Kier alpha value is -2.10. The molecule has 2 aromatic rings. The molecule has 0 saturated carbocycles. The third-order valence-corrected chi connectivity index (χ3v) is 2.95. The summed E-state index contributed by atoms with van der Waals surface area (Å²) in [7, 11) is 0. The first-order chi connectivity index (χ1) is 8.61. The number of rotatable bonds is 3. The van der Waals surface area contributed by atoms with Gasteiger partial charge in [0.25, 0.3) is 5.91 Å². The summed E-state index contributed by atoms with van der Waals surface area (Å²) in [5, 5.41) is 9.74. The summed E-state index contributed by atoms with van der Waals surface area (Å²) in [6.07, 6.45) is 0.952. The average molecular weight is 243 g/mol. The van der Waals surface area contributed by atoms with E-state index in [4.69, 9.17) is 0 Å². The van der Waals surface area contributed by atoms with Crippen molar-refractivity contribution >= 4 is 11.6 Å². The topological polar surface area (TPSA) is 57.8 Å². The van der Waals surface area contributed by atoms with Crippen LogP contribution in [0.1, 0.15) is 34.2 Å². The second kappa shape index (κ2) is 5.04. The summed E-state index contributed by atoms with van der Waals surface area (Å²) in [5.41, 5.74) is 4.15. The van der Waals surface area contributed by atoms with Crippen molar-refractivity contribution in [3.63, 3.8) is 0 Å². The molecule has 0 radical (unpaired) electrons. The predicted molar refractivity (Wildman–Crippen MR) is 71.8 cm³/mol. The molecule has 0 saturated heterocycles. The van der Waals surface area contributed by atoms with Crippen LogP contribution >= 0.6 is 0 Å². The number of nitrogens with one attached hydrogen (secondary N) is 2. The third kappa shape index (κ3) is 2.42. The van der Waals surface area contributed by atoms with Crippen LogP contribution in [0.15, 0.2) is 24.3 Å². The van der Waals surface area contributed by atoms with Gasteiger partial charge in [0.1, 0.15) is 0 Å². The molecule has 0 atom stereocenters. The van der Waals surface area contributed by atoms with Crippen LogP contribution in [0.25, 0.3) is 0 Å². The zero-order valence-corrected chi connectivity index (χ0v) is 10.9. The van der Waals surface area contributed by atoms with Crippen LogP contribution in [-0.2, 0) is 6.42 Å². The Morgan fingerprint density at radius 2 is 2.17 bits per heavy atom. The summed E-state index contributed by atoms with van der Waals surface area (Å²) in [5.74, 6) is -0.119. The number of nitrogens with zero attached hydrogens (tertiary/aromatic N) is 1. The van der Waals surface area contributed by atoms with E-state index >= 15 is 0 Å². The van der Waals surface area contributed by atoms with Gasteiger partial charge in [-0.1, -0.05) is 19.1 Å². The first-order valence-electron chi connectivity index (χ1n) is 6.03. The maximum absolute atomic E-state index is 12.1. The molecule has 0 unspecified atom stereocenters. The number of aromatic amines is 1. The van der Waals surface area contributed by atoms with Crippen LogP contribution in [0, 0.1) is 13.8 Å². The average Bonchev–Trinajstić information content (AvgIpc) is 2.69. The Labute approximate surface area is 106 Å². The van der Waals surface area contributed by atoms with Crippen molar-refractivity contribution in [2.45, 2.75) is 27.2 Å². The Balaban J connectivity index is 2.21. The molecule has 2 N–H and O–H groups in total. The number of H-pyrrole nitrogens is 1. The molecule has 1 heterocycles. The van der Waals surface area contributed by atoms with E-state index in [-0.39, 0.29) is 5.91 Å². The van der Waals surface area contributed by atoms with Crippen molar-refractivity contribution in [2.24, 2.45) is 0 Å². The van der Waals surface area contributed by atoms with E-state index in [1.807, 2.05) is 38.1 Å². The van der Waals surface area contributed by atoms with Crippen LogP contribution in [0.5, 0.6) is 0 Å². The van der Waals surface area contributed by atoms with E-state index in [0.717, 1.165) is 23.5 Å². The fourth-order valence-corrected chi connectivity index (χ4v) is 1.95. The lowest BCUT2D eigenvalue weighted by molar-refractivity contribution is 0.102. The minimum atomic E-state index is -0.119. The van der Waals surface area contributed by atoms with Crippen LogP contribution in [0.4, 0.5) is 5.69 Å². The van der Waals surface area contributed by atoms with E-state index in [2.05, 4.69) is 22.4 Å². The van der Waals surface area contributed by atoms with E-state index in [9.17, 15) is 4.79 Å². The summed E-state index contributed by atoms with van der Waals surface area (Å²) in [4.78, 5) is 12.1. The van der Waals surface area contributed by atoms with Gasteiger partial charge in [0.15, 0.2) is 0 Å². The minimum Gasteiger partial charge on any atom is -0.322 e. The summed E-state index contributed by atoms with van der Waals surface area (Å²) < 4.78 is 0. The maximum Gasteiger partial charge on any atom is 0.259 e. The minimum absolute atomic E-state index is 0.119. The van der Waals surface area contributed by atoms with Gasteiger partial charge in [-0.2, -0.15) is 5.10 Å². The van der Waals surface area contributed by atoms with Gasteiger partial charge in [-0.3, -0.25) is 9.89 Å². The van der Waals surface area contributed by atoms with E-state index in [0.29, 0.717) is 5.56 Å². The number of aryl methyl sites for hydroxylation is 3. The fraction of sp³-hybridized carbons (Fsp3) is 0.286. The fourth-order valence-electron chi connectivity index (χ4n) is 1.95. The third-order valence-electron chi connectivity index (χ3n) is 2.95. The normalized spacial score (nSPS) is 10.4. The molecule has 18 heavy (non-hydrogen) atoms. The van der Waals surface area contributed by atoms with Crippen LogP contribution < -0.4 is 5.32 Å². The van der Waals surface area contributed by atoms with Crippen molar-refractivity contribution in [3.8, 4) is 0 Å². The Morgan fingerprint density at radius 3 is 2.78 bits per heavy atom. The highest BCUT2D eigenvalue weighted by molar-refractivity contribution is 6.05. The standard InChI is InChI=1S/C14H17N3O/c1-4-11-6-5-7-12(8-11)15-14(18)13-9(2)16-17-10(13)3/h5-8H,4H2,1-3H3,(H,15,18)(H,16,17). The highest BCUT2D eigenvalue weighted by Gasteiger charge is 2.15. The maximum atomic E-state index is 12.1. The number of aromatic nitrogens is 2. The smallest absolute Gasteiger partial charge is 0.259 e. The predicted octanol–water partition coefficient (Wildman–Crippen LogP) is 2.84. The quantitative estimate of drug-likeness (QED) is 0.870. The van der Waals surface area contributed by atoms with Gasteiger partial charge in [-0.25, -0.2) is 0 Å². The van der Waals surface area contributed by atoms with Crippen molar-refractivity contribution < 1.29 is 4.79 Å². The molecule has 2 rings (SSSR count). The number of hydrogen-bond donors (Lipinski definition) is 2. The molecular weight excluding hydrogens is 226 g/mol. The summed E-state index contributed by atoms with van der Waals surface area (Å²) >= 11 is 0. The largest absolute Gasteiger partial charge is 0.322 e. The van der Waals surface area contributed by atoms with Crippen LogP contribution in [0.3, 0.4) is 0 Å². The highest BCUT2D eigenvalue weighted by Crippen LogP contribution is 2.15. The molecule has 94 valence electrons. The Morgan fingerprint density at radius 1 is 1.39 bits per heavy atom. The van der Waals surface area contributed by atoms with Gasteiger partial charge < -0.3 is 5.32 Å². The van der Waals surface area contributed by atoms with E-state index in [1.165, 1.54) is 5.56 Å². The van der Waals surface area contributed by atoms with Crippen molar-refractivity contribution in [1.82, 2.24) is 10.2 Å². The van der Waals surface area contributed by atoms with E-state index in [1.54, 1.807) is 0 Å². The number of anilines is 1. The number of carbonyl (C=O) groups excluding carboxylic acids is 1. The molecule has 1 aromatic carbocycles. The lowest BCUT2D eigenvalue weighted by atomic mass is 10.1. The molecule has 4 nitrogen and oxygen atoms in total. The van der Waals surface area contributed by atoms with Gasteiger partial charge in [0, 0.05) is 11.4 Å². The Bertz CT molecular complexity index is 553.